The van der Waals surface area contributed by atoms with Gasteiger partial charge in [-0.15, -0.1) is 0 Å². The quantitative estimate of drug-likeness (QED) is 0.616. The zero-order valence-electron chi connectivity index (χ0n) is 7.97. The first-order chi connectivity index (χ1) is 5.90. The van der Waals surface area contributed by atoms with Crippen LogP contribution in [0.5, 0.6) is 0 Å². The first kappa shape index (κ1) is 8.52. The Hall–Kier alpha value is -0.0800. The number of hydrogen-bond donors (Lipinski definition) is 2. The lowest BCUT2D eigenvalue weighted by Crippen LogP contribution is -2.61. The summed E-state index contributed by atoms with van der Waals surface area (Å²) in [5.74, 6) is 0. The summed E-state index contributed by atoms with van der Waals surface area (Å²) in [4.78, 5) is 0. The van der Waals surface area contributed by atoms with E-state index in [0.717, 1.165) is 18.1 Å². The molecule has 0 radical (unpaired) electrons. The molecule has 2 nitrogen and oxygen atoms in total. The molecule has 12 heavy (non-hydrogen) atoms. The molecule has 3 atom stereocenters. The predicted octanol–water partition coefficient (Wildman–Crippen LogP) is 1.27. The minimum atomic E-state index is 0.726. The third-order valence-corrected chi connectivity index (χ3v) is 3.33. The molecule has 1 saturated carbocycles. The van der Waals surface area contributed by atoms with Crippen molar-refractivity contribution in [2.45, 2.75) is 57.2 Å². The number of fused-ring (bicyclic) bond motifs is 1. The third kappa shape index (κ3) is 1.64. The van der Waals surface area contributed by atoms with Gasteiger partial charge >= 0.3 is 0 Å². The second-order valence-corrected chi connectivity index (χ2v) is 4.18. The molecule has 0 spiro atoms. The standard InChI is InChI=1S/C10H20N2/c1-2-8-7-11-9-5-3-4-6-10(9)12-8/h8-12H,2-7H2,1H3/t8-,9+,10+/m1/s1. The minimum absolute atomic E-state index is 0.726. The molecule has 2 aliphatic rings. The first-order valence-electron chi connectivity index (χ1n) is 5.39. The van der Waals surface area contributed by atoms with E-state index < -0.39 is 0 Å². The van der Waals surface area contributed by atoms with Crippen LogP contribution in [0.3, 0.4) is 0 Å². The molecule has 1 saturated heterocycles. The molecule has 0 aromatic rings. The number of piperazine rings is 1. The summed E-state index contributed by atoms with van der Waals surface area (Å²) in [6.45, 7) is 3.44. The van der Waals surface area contributed by atoms with E-state index >= 15 is 0 Å². The fourth-order valence-corrected chi connectivity index (χ4v) is 2.49. The van der Waals surface area contributed by atoms with Gasteiger partial charge in [0.15, 0.2) is 0 Å². The average Bonchev–Trinajstić information content (AvgIpc) is 2.17. The molecular formula is C10H20N2. The summed E-state index contributed by atoms with van der Waals surface area (Å²) in [5, 5.41) is 7.40. The predicted molar refractivity (Wildman–Crippen MR) is 51.3 cm³/mol. The SMILES string of the molecule is CC[C@@H]1CN[C@H]2CCCC[C@@H]2N1. The van der Waals surface area contributed by atoms with Crippen molar-refractivity contribution in [3.63, 3.8) is 0 Å². The maximum Gasteiger partial charge on any atom is 0.0224 e. The summed E-state index contributed by atoms with van der Waals surface area (Å²) in [7, 11) is 0. The maximum absolute atomic E-state index is 3.74. The molecule has 1 aliphatic carbocycles. The van der Waals surface area contributed by atoms with Crippen molar-refractivity contribution >= 4 is 0 Å². The molecule has 0 aromatic carbocycles. The van der Waals surface area contributed by atoms with E-state index in [-0.39, 0.29) is 0 Å². The van der Waals surface area contributed by atoms with E-state index in [1.807, 2.05) is 0 Å². The molecule has 0 amide bonds. The Morgan fingerprint density at radius 1 is 1.17 bits per heavy atom. The highest BCUT2D eigenvalue weighted by Crippen LogP contribution is 2.21. The summed E-state index contributed by atoms with van der Waals surface area (Å²) >= 11 is 0. The summed E-state index contributed by atoms with van der Waals surface area (Å²) in [6.07, 6.45) is 6.87. The van der Waals surface area contributed by atoms with Crippen LogP contribution in [0.4, 0.5) is 0 Å². The van der Waals surface area contributed by atoms with Gasteiger partial charge in [-0.2, -0.15) is 0 Å². The Kier molecular flexibility index (Phi) is 2.66. The zero-order valence-corrected chi connectivity index (χ0v) is 7.97. The normalized spacial score (nSPS) is 42.2. The molecular weight excluding hydrogens is 148 g/mol. The summed E-state index contributed by atoms with van der Waals surface area (Å²) in [5.41, 5.74) is 0. The fraction of sp³-hybridized carbons (Fsp3) is 1.00. The van der Waals surface area contributed by atoms with Crippen LogP contribution in [0.15, 0.2) is 0 Å². The van der Waals surface area contributed by atoms with Gasteiger partial charge in [0.1, 0.15) is 0 Å². The van der Waals surface area contributed by atoms with Gasteiger partial charge in [-0.1, -0.05) is 19.8 Å². The second-order valence-electron chi connectivity index (χ2n) is 4.18. The molecule has 1 heterocycles. The van der Waals surface area contributed by atoms with Crippen LogP contribution in [0.1, 0.15) is 39.0 Å². The Morgan fingerprint density at radius 2 is 1.92 bits per heavy atom. The van der Waals surface area contributed by atoms with Gasteiger partial charge in [-0.25, -0.2) is 0 Å². The highest BCUT2D eigenvalue weighted by molar-refractivity contribution is 4.93. The second kappa shape index (κ2) is 3.75. The van der Waals surface area contributed by atoms with E-state index in [4.69, 9.17) is 0 Å². The molecule has 0 bridgehead atoms. The van der Waals surface area contributed by atoms with Crippen molar-refractivity contribution < 1.29 is 0 Å². The van der Waals surface area contributed by atoms with Crippen molar-refractivity contribution in [1.82, 2.24) is 10.6 Å². The van der Waals surface area contributed by atoms with Gasteiger partial charge in [-0.3, -0.25) is 0 Å². The van der Waals surface area contributed by atoms with Gasteiger partial charge in [0.05, 0.1) is 0 Å². The zero-order chi connectivity index (χ0) is 8.39. The van der Waals surface area contributed by atoms with Crippen LogP contribution < -0.4 is 10.6 Å². The number of nitrogens with one attached hydrogen (secondary N) is 2. The van der Waals surface area contributed by atoms with Gasteiger partial charge in [0.2, 0.25) is 0 Å². The number of rotatable bonds is 1. The Balaban J connectivity index is 1.90. The smallest absolute Gasteiger partial charge is 0.0224 e. The lowest BCUT2D eigenvalue weighted by Gasteiger charge is -2.41. The van der Waals surface area contributed by atoms with E-state index in [2.05, 4.69) is 17.6 Å². The Labute approximate surface area is 75.1 Å². The van der Waals surface area contributed by atoms with E-state index in [9.17, 15) is 0 Å². The lowest BCUT2D eigenvalue weighted by molar-refractivity contribution is 0.210. The van der Waals surface area contributed by atoms with Crippen LogP contribution in [0.25, 0.3) is 0 Å². The largest absolute Gasteiger partial charge is 0.311 e. The van der Waals surface area contributed by atoms with Gasteiger partial charge in [-0.05, 0) is 19.3 Å². The summed E-state index contributed by atoms with van der Waals surface area (Å²) < 4.78 is 0. The first-order valence-corrected chi connectivity index (χ1v) is 5.39. The van der Waals surface area contributed by atoms with Gasteiger partial charge < -0.3 is 10.6 Å². The Morgan fingerprint density at radius 3 is 2.67 bits per heavy atom. The molecule has 0 aromatic heterocycles. The highest BCUT2D eigenvalue weighted by atomic mass is 15.1. The van der Waals surface area contributed by atoms with Crippen LogP contribution in [0.2, 0.25) is 0 Å². The molecule has 0 unspecified atom stereocenters. The number of hydrogen-bond acceptors (Lipinski definition) is 2. The van der Waals surface area contributed by atoms with Crippen molar-refractivity contribution in [1.29, 1.82) is 0 Å². The highest BCUT2D eigenvalue weighted by Gasteiger charge is 2.30. The minimum Gasteiger partial charge on any atom is -0.311 e. The summed E-state index contributed by atoms with van der Waals surface area (Å²) in [6, 6.07) is 2.28. The maximum atomic E-state index is 3.74. The molecule has 70 valence electrons. The Bertz CT molecular complexity index is 147. The van der Waals surface area contributed by atoms with E-state index in [1.165, 1.54) is 38.6 Å². The van der Waals surface area contributed by atoms with Crippen molar-refractivity contribution in [2.24, 2.45) is 0 Å². The topological polar surface area (TPSA) is 24.1 Å². The monoisotopic (exact) mass is 168 g/mol. The van der Waals surface area contributed by atoms with E-state index in [0.29, 0.717) is 0 Å². The van der Waals surface area contributed by atoms with Crippen LogP contribution in [-0.2, 0) is 0 Å². The van der Waals surface area contributed by atoms with Crippen molar-refractivity contribution in [3.8, 4) is 0 Å². The van der Waals surface area contributed by atoms with Crippen LogP contribution >= 0.6 is 0 Å². The van der Waals surface area contributed by atoms with Crippen molar-refractivity contribution in [2.75, 3.05) is 6.54 Å². The van der Waals surface area contributed by atoms with Gasteiger partial charge in [0, 0.05) is 24.7 Å². The third-order valence-electron chi connectivity index (χ3n) is 3.33. The molecule has 2 heteroatoms. The van der Waals surface area contributed by atoms with Crippen molar-refractivity contribution in [3.05, 3.63) is 0 Å². The van der Waals surface area contributed by atoms with Gasteiger partial charge in [0.25, 0.3) is 0 Å². The van der Waals surface area contributed by atoms with Crippen LogP contribution in [0, 0.1) is 0 Å². The average molecular weight is 168 g/mol. The molecule has 2 N–H and O–H groups in total. The fourth-order valence-electron chi connectivity index (χ4n) is 2.49. The molecule has 2 fully saturated rings. The van der Waals surface area contributed by atoms with Crippen LogP contribution in [-0.4, -0.2) is 24.7 Å². The lowest BCUT2D eigenvalue weighted by atomic mass is 9.87. The molecule has 2 rings (SSSR count). The molecule has 1 aliphatic heterocycles. The van der Waals surface area contributed by atoms with E-state index in [1.54, 1.807) is 0 Å².